The summed E-state index contributed by atoms with van der Waals surface area (Å²) in [6, 6.07) is 2.40. The van der Waals surface area contributed by atoms with E-state index in [1.165, 1.54) is 0 Å². The third kappa shape index (κ3) is 5.95. The van der Waals surface area contributed by atoms with Crippen LogP contribution in [0.15, 0.2) is 42.2 Å². The average Bonchev–Trinajstić information content (AvgIpc) is 3.33. The van der Waals surface area contributed by atoms with E-state index >= 15 is 0 Å². The second-order valence-corrected chi connectivity index (χ2v) is 7.32. The van der Waals surface area contributed by atoms with Crippen LogP contribution in [0.1, 0.15) is 33.2 Å². The molecule has 1 aliphatic rings. The average molecular weight is 485 g/mol. The molecule has 1 saturated heterocycles. The van der Waals surface area contributed by atoms with Crippen molar-refractivity contribution in [3.05, 3.63) is 37.2 Å². The summed E-state index contributed by atoms with van der Waals surface area (Å²) < 4.78 is 4.21. The molecule has 0 amide bonds. The van der Waals surface area contributed by atoms with Crippen LogP contribution >= 0.6 is 24.0 Å². The lowest BCUT2D eigenvalue weighted by Gasteiger charge is -2.39. The van der Waals surface area contributed by atoms with E-state index in [0.29, 0.717) is 17.9 Å². The van der Waals surface area contributed by atoms with Gasteiger partial charge in [-0.3, -0.25) is 9.67 Å². The second kappa shape index (κ2) is 10.7. The summed E-state index contributed by atoms with van der Waals surface area (Å²) >= 11 is 0. The number of nitrogens with one attached hydrogen (secondary N) is 1. The topological polar surface area (TPSA) is 63.3 Å². The van der Waals surface area contributed by atoms with Crippen molar-refractivity contribution in [3.8, 4) is 0 Å². The molecule has 2 aromatic heterocycles. The quantitative estimate of drug-likeness (QED) is 0.389. The van der Waals surface area contributed by atoms with Crippen LogP contribution in [0.5, 0.6) is 0 Å². The van der Waals surface area contributed by atoms with Gasteiger partial charge in [0.15, 0.2) is 5.96 Å². The summed E-state index contributed by atoms with van der Waals surface area (Å²) in [4.78, 5) is 11.5. The molecule has 8 heteroatoms. The van der Waals surface area contributed by atoms with Crippen LogP contribution < -0.4 is 5.32 Å². The highest BCUT2D eigenvalue weighted by atomic mass is 127. The minimum atomic E-state index is 0. The van der Waals surface area contributed by atoms with Gasteiger partial charge >= 0.3 is 0 Å². The highest BCUT2D eigenvalue weighted by molar-refractivity contribution is 14.0. The van der Waals surface area contributed by atoms with Crippen LogP contribution in [0.4, 0.5) is 0 Å². The molecule has 3 heterocycles. The standard InChI is InChI=1S/C19H31N7.HI/c1-4-21-19(22-12-16(2)13-26-9-5-7-23-26)24-10-6-17(3)18(14-24)25-11-8-20-15-25;/h5,7-9,11,15-18H,4,6,10,12-14H2,1-3H3,(H,21,22);1H. The molecule has 0 saturated carbocycles. The number of likely N-dealkylation sites (tertiary alicyclic amines) is 1. The van der Waals surface area contributed by atoms with E-state index in [0.717, 1.165) is 45.1 Å². The van der Waals surface area contributed by atoms with E-state index < -0.39 is 0 Å². The molecule has 2 aromatic rings. The van der Waals surface area contributed by atoms with Crippen molar-refractivity contribution in [1.82, 2.24) is 29.5 Å². The molecule has 0 bridgehead atoms. The lowest BCUT2D eigenvalue weighted by atomic mass is 9.93. The zero-order valence-electron chi connectivity index (χ0n) is 16.5. The fraction of sp³-hybridized carbons (Fsp3) is 0.632. The van der Waals surface area contributed by atoms with E-state index in [-0.39, 0.29) is 24.0 Å². The van der Waals surface area contributed by atoms with Gasteiger partial charge in [0, 0.05) is 57.5 Å². The van der Waals surface area contributed by atoms with Crippen molar-refractivity contribution in [2.45, 2.75) is 39.8 Å². The Morgan fingerprint density at radius 2 is 2.19 bits per heavy atom. The molecule has 1 aliphatic heterocycles. The van der Waals surface area contributed by atoms with Crippen molar-refractivity contribution >= 4 is 29.9 Å². The predicted octanol–water partition coefficient (Wildman–Crippen LogP) is 2.88. The van der Waals surface area contributed by atoms with Gasteiger partial charge in [-0.15, -0.1) is 24.0 Å². The molecule has 3 atom stereocenters. The highest BCUT2D eigenvalue weighted by Crippen LogP contribution is 2.27. The Morgan fingerprint density at radius 1 is 1.33 bits per heavy atom. The molecule has 27 heavy (non-hydrogen) atoms. The number of rotatable bonds is 6. The van der Waals surface area contributed by atoms with Crippen molar-refractivity contribution in [1.29, 1.82) is 0 Å². The monoisotopic (exact) mass is 485 g/mol. The third-order valence-corrected chi connectivity index (χ3v) is 5.07. The number of piperidine rings is 1. The van der Waals surface area contributed by atoms with Gasteiger partial charge < -0.3 is 14.8 Å². The minimum Gasteiger partial charge on any atom is -0.357 e. The molecule has 7 nitrogen and oxygen atoms in total. The summed E-state index contributed by atoms with van der Waals surface area (Å²) in [6.45, 7) is 11.3. The summed E-state index contributed by atoms with van der Waals surface area (Å²) in [6.07, 6.45) is 10.9. The largest absolute Gasteiger partial charge is 0.357 e. The Hall–Kier alpha value is -1.58. The smallest absolute Gasteiger partial charge is 0.193 e. The Balaban J connectivity index is 0.00000261. The molecule has 0 radical (unpaired) electrons. The highest BCUT2D eigenvalue weighted by Gasteiger charge is 2.28. The van der Waals surface area contributed by atoms with Crippen molar-refractivity contribution in [2.75, 3.05) is 26.2 Å². The molecule has 150 valence electrons. The molecule has 3 unspecified atom stereocenters. The van der Waals surface area contributed by atoms with Gasteiger partial charge in [0.25, 0.3) is 0 Å². The first-order valence-electron chi connectivity index (χ1n) is 9.65. The Kier molecular flexibility index (Phi) is 8.59. The zero-order valence-corrected chi connectivity index (χ0v) is 18.9. The number of guanidine groups is 1. The van der Waals surface area contributed by atoms with Crippen molar-refractivity contribution < 1.29 is 0 Å². The molecular formula is C19H32IN7. The molecular weight excluding hydrogens is 453 g/mol. The van der Waals surface area contributed by atoms with Crippen molar-refractivity contribution in [2.24, 2.45) is 16.8 Å². The zero-order chi connectivity index (χ0) is 18.4. The number of halogens is 1. The summed E-state index contributed by atoms with van der Waals surface area (Å²) in [5, 5.41) is 7.77. The van der Waals surface area contributed by atoms with Gasteiger partial charge in [-0.25, -0.2) is 4.98 Å². The maximum Gasteiger partial charge on any atom is 0.193 e. The van der Waals surface area contributed by atoms with Gasteiger partial charge in [0.1, 0.15) is 0 Å². The maximum absolute atomic E-state index is 4.92. The first-order chi connectivity index (χ1) is 12.7. The number of nitrogens with zero attached hydrogens (tertiary/aromatic N) is 6. The summed E-state index contributed by atoms with van der Waals surface area (Å²) in [7, 11) is 0. The summed E-state index contributed by atoms with van der Waals surface area (Å²) in [5.41, 5.74) is 0. The lowest BCUT2D eigenvalue weighted by molar-refractivity contribution is 0.188. The predicted molar refractivity (Wildman–Crippen MR) is 119 cm³/mol. The third-order valence-electron chi connectivity index (χ3n) is 5.07. The first-order valence-corrected chi connectivity index (χ1v) is 9.65. The molecule has 1 fully saturated rings. The van der Waals surface area contributed by atoms with E-state index in [9.17, 15) is 0 Å². The normalized spacial score (nSPS) is 21.6. The Labute approximate surface area is 179 Å². The molecule has 0 aliphatic carbocycles. The number of hydrogen-bond acceptors (Lipinski definition) is 3. The van der Waals surface area contributed by atoms with Crippen LogP contribution in [0.2, 0.25) is 0 Å². The van der Waals surface area contributed by atoms with Gasteiger partial charge in [0.2, 0.25) is 0 Å². The van der Waals surface area contributed by atoms with Gasteiger partial charge in [-0.2, -0.15) is 5.10 Å². The summed E-state index contributed by atoms with van der Waals surface area (Å²) in [5.74, 6) is 2.11. The molecule has 3 rings (SSSR count). The van der Waals surface area contributed by atoms with Gasteiger partial charge in [-0.05, 0) is 31.2 Å². The number of aromatic nitrogens is 4. The number of aliphatic imine (C=N–C) groups is 1. The lowest BCUT2D eigenvalue weighted by Crippen LogP contribution is -2.49. The minimum absolute atomic E-state index is 0. The number of imidazole rings is 1. The van der Waals surface area contributed by atoms with E-state index in [4.69, 9.17) is 4.99 Å². The Bertz CT molecular complexity index is 668. The molecule has 1 N–H and O–H groups in total. The number of hydrogen-bond donors (Lipinski definition) is 1. The SMILES string of the molecule is CCNC(=NCC(C)Cn1cccn1)N1CCC(C)C(n2ccnc2)C1.I. The second-order valence-electron chi connectivity index (χ2n) is 7.32. The Morgan fingerprint density at radius 3 is 2.85 bits per heavy atom. The van der Waals surface area contributed by atoms with Crippen LogP contribution in [-0.4, -0.2) is 56.4 Å². The van der Waals surface area contributed by atoms with E-state index in [2.05, 4.69) is 51.8 Å². The molecule has 0 spiro atoms. The fourth-order valence-corrected chi connectivity index (χ4v) is 3.55. The fourth-order valence-electron chi connectivity index (χ4n) is 3.55. The van der Waals surface area contributed by atoms with Gasteiger partial charge in [0.05, 0.1) is 12.4 Å². The van der Waals surface area contributed by atoms with Crippen molar-refractivity contribution in [3.63, 3.8) is 0 Å². The van der Waals surface area contributed by atoms with Crippen LogP contribution in [-0.2, 0) is 6.54 Å². The van der Waals surface area contributed by atoms with Crippen LogP contribution in [0.3, 0.4) is 0 Å². The molecule has 0 aromatic carbocycles. The maximum atomic E-state index is 4.92. The van der Waals surface area contributed by atoms with E-state index in [1.54, 1.807) is 0 Å². The first kappa shape index (κ1) is 21.7. The van der Waals surface area contributed by atoms with Gasteiger partial charge in [-0.1, -0.05) is 13.8 Å². The van der Waals surface area contributed by atoms with Crippen LogP contribution in [0, 0.1) is 11.8 Å². The van der Waals surface area contributed by atoms with Crippen LogP contribution in [0.25, 0.3) is 0 Å². The van der Waals surface area contributed by atoms with E-state index in [1.807, 2.05) is 35.7 Å².